The molecule has 0 aromatic rings. The fourth-order valence-electron chi connectivity index (χ4n) is 1.44. The first-order valence-corrected chi connectivity index (χ1v) is 6.38. The molecular formula is C14H27NO3. The van der Waals surface area contributed by atoms with Crippen molar-refractivity contribution in [1.29, 1.82) is 0 Å². The van der Waals surface area contributed by atoms with Gasteiger partial charge in [-0.1, -0.05) is 34.6 Å². The van der Waals surface area contributed by atoms with Gasteiger partial charge in [0.2, 0.25) is 0 Å². The van der Waals surface area contributed by atoms with Crippen LogP contribution in [0.2, 0.25) is 0 Å². The molecule has 0 saturated heterocycles. The minimum absolute atomic E-state index is 0.0170. The first kappa shape index (κ1) is 16.9. The number of ketones is 1. The lowest BCUT2D eigenvalue weighted by Crippen LogP contribution is -2.49. The molecule has 0 spiro atoms. The van der Waals surface area contributed by atoms with Gasteiger partial charge in [-0.25, -0.2) is 4.79 Å². The van der Waals surface area contributed by atoms with Crippen LogP contribution in [0.25, 0.3) is 0 Å². The summed E-state index contributed by atoms with van der Waals surface area (Å²) in [4.78, 5) is 24.0. The van der Waals surface area contributed by atoms with Gasteiger partial charge < -0.3 is 10.1 Å². The summed E-state index contributed by atoms with van der Waals surface area (Å²) < 4.78 is 5.18. The molecule has 4 heteroatoms. The molecule has 0 aliphatic carbocycles. The number of ether oxygens (including phenoxy) is 1. The maximum Gasteiger partial charge on any atom is 0.408 e. The van der Waals surface area contributed by atoms with Gasteiger partial charge in [0.1, 0.15) is 5.60 Å². The first-order chi connectivity index (χ1) is 7.84. The summed E-state index contributed by atoms with van der Waals surface area (Å²) in [5.41, 5.74) is -1.04. The van der Waals surface area contributed by atoms with Crippen molar-refractivity contribution in [3.05, 3.63) is 0 Å². The van der Waals surface area contributed by atoms with Gasteiger partial charge >= 0.3 is 6.09 Å². The van der Waals surface area contributed by atoms with Gasteiger partial charge in [0, 0.05) is 5.41 Å². The summed E-state index contributed by atoms with van der Waals surface area (Å²) in [5.74, 6) is 0.0487. The third-order valence-electron chi connectivity index (χ3n) is 2.36. The third kappa shape index (κ3) is 6.03. The summed E-state index contributed by atoms with van der Waals surface area (Å²) in [6.07, 6.45) is -0.543. The molecule has 0 saturated carbocycles. The summed E-state index contributed by atoms with van der Waals surface area (Å²) in [6.45, 7) is 14.7. The van der Waals surface area contributed by atoms with Crippen molar-refractivity contribution in [3.8, 4) is 0 Å². The quantitative estimate of drug-likeness (QED) is 0.845. The Bertz CT molecular complexity index is 308. The third-order valence-corrected chi connectivity index (χ3v) is 2.36. The van der Waals surface area contributed by atoms with E-state index in [1.807, 2.05) is 34.6 Å². The van der Waals surface area contributed by atoms with Crippen molar-refractivity contribution >= 4 is 11.9 Å². The number of amides is 1. The fraction of sp³-hybridized carbons (Fsp3) is 0.857. The zero-order chi connectivity index (χ0) is 14.7. The molecule has 1 atom stereocenters. The predicted octanol–water partition coefficient (Wildman–Crippen LogP) is 3.15. The highest BCUT2D eigenvalue weighted by atomic mass is 16.6. The maximum absolute atomic E-state index is 12.2. The van der Waals surface area contributed by atoms with Crippen LogP contribution in [0, 0.1) is 11.3 Å². The average molecular weight is 257 g/mol. The lowest BCUT2D eigenvalue weighted by atomic mass is 9.82. The zero-order valence-electron chi connectivity index (χ0n) is 12.9. The van der Waals surface area contributed by atoms with E-state index >= 15 is 0 Å². The Balaban J connectivity index is 4.76. The second-order valence-electron chi connectivity index (χ2n) is 6.98. The number of hydrogen-bond donors (Lipinski definition) is 1. The second kappa shape index (κ2) is 5.72. The van der Waals surface area contributed by atoms with E-state index in [2.05, 4.69) is 5.32 Å². The Morgan fingerprint density at radius 3 is 1.72 bits per heavy atom. The monoisotopic (exact) mass is 257 g/mol. The molecule has 0 aliphatic rings. The van der Waals surface area contributed by atoms with Gasteiger partial charge in [-0.05, 0) is 26.7 Å². The summed E-state index contributed by atoms with van der Waals surface area (Å²) >= 11 is 0. The molecule has 1 N–H and O–H groups in total. The van der Waals surface area contributed by atoms with E-state index in [0.29, 0.717) is 0 Å². The molecule has 0 rings (SSSR count). The van der Waals surface area contributed by atoms with Crippen LogP contribution in [0.3, 0.4) is 0 Å². The van der Waals surface area contributed by atoms with Gasteiger partial charge in [0.25, 0.3) is 0 Å². The topological polar surface area (TPSA) is 55.4 Å². The molecule has 18 heavy (non-hydrogen) atoms. The SMILES string of the molecule is CC(C)[C@H](NC(=O)OC(C)(C)C)C(=O)C(C)(C)C. The maximum atomic E-state index is 12.2. The van der Waals surface area contributed by atoms with Crippen molar-refractivity contribution < 1.29 is 14.3 Å². The highest BCUT2D eigenvalue weighted by molar-refractivity contribution is 5.91. The number of carbonyl (C=O) groups is 2. The van der Waals surface area contributed by atoms with E-state index in [-0.39, 0.29) is 11.7 Å². The van der Waals surface area contributed by atoms with E-state index in [1.165, 1.54) is 0 Å². The number of Topliss-reactive ketones (excluding diaryl/α,β-unsaturated/α-hetero) is 1. The Morgan fingerprint density at radius 2 is 1.44 bits per heavy atom. The van der Waals surface area contributed by atoms with Gasteiger partial charge in [-0.2, -0.15) is 0 Å². The minimum Gasteiger partial charge on any atom is -0.444 e. The van der Waals surface area contributed by atoms with Crippen LogP contribution < -0.4 is 5.32 Å². The molecule has 0 heterocycles. The molecule has 106 valence electrons. The van der Waals surface area contributed by atoms with Gasteiger partial charge in [-0.15, -0.1) is 0 Å². The Labute approximate surface area is 110 Å². The lowest BCUT2D eigenvalue weighted by Gasteiger charge is -2.29. The Morgan fingerprint density at radius 1 is 1.00 bits per heavy atom. The number of nitrogens with one attached hydrogen (secondary N) is 1. The minimum atomic E-state index is -0.559. The van der Waals surface area contributed by atoms with Gasteiger partial charge in [0.05, 0.1) is 6.04 Å². The Kier molecular flexibility index (Phi) is 5.38. The predicted molar refractivity (Wildman–Crippen MR) is 72.5 cm³/mol. The molecule has 1 amide bonds. The molecular weight excluding hydrogens is 230 g/mol. The highest BCUT2D eigenvalue weighted by Gasteiger charge is 2.33. The van der Waals surface area contributed by atoms with Crippen molar-refractivity contribution in [2.24, 2.45) is 11.3 Å². The molecule has 0 bridgehead atoms. The molecule has 0 aliphatic heterocycles. The molecule has 0 fully saturated rings. The van der Waals surface area contributed by atoms with E-state index in [1.54, 1.807) is 20.8 Å². The van der Waals surface area contributed by atoms with E-state index in [9.17, 15) is 9.59 Å². The van der Waals surface area contributed by atoms with Crippen LogP contribution in [0.15, 0.2) is 0 Å². The van der Waals surface area contributed by atoms with Gasteiger partial charge in [0.15, 0.2) is 5.78 Å². The van der Waals surface area contributed by atoms with E-state index in [4.69, 9.17) is 4.74 Å². The summed E-state index contributed by atoms with van der Waals surface area (Å²) in [6, 6.07) is -0.514. The molecule has 4 nitrogen and oxygen atoms in total. The van der Waals surface area contributed by atoms with Crippen LogP contribution >= 0.6 is 0 Å². The molecule has 0 aromatic heterocycles. The molecule has 0 unspecified atom stereocenters. The smallest absolute Gasteiger partial charge is 0.408 e. The van der Waals surface area contributed by atoms with Crippen molar-refractivity contribution in [2.75, 3.05) is 0 Å². The summed E-state index contributed by atoms with van der Waals surface area (Å²) in [7, 11) is 0. The van der Waals surface area contributed by atoms with Crippen molar-refractivity contribution in [1.82, 2.24) is 5.32 Å². The van der Waals surface area contributed by atoms with Crippen LogP contribution in [-0.2, 0) is 9.53 Å². The first-order valence-electron chi connectivity index (χ1n) is 6.38. The largest absolute Gasteiger partial charge is 0.444 e. The van der Waals surface area contributed by atoms with Crippen LogP contribution in [0.1, 0.15) is 55.4 Å². The number of hydrogen-bond acceptors (Lipinski definition) is 3. The molecule has 0 radical (unpaired) electrons. The number of alkyl carbamates (subject to hydrolysis) is 1. The van der Waals surface area contributed by atoms with E-state index in [0.717, 1.165) is 0 Å². The normalized spacial score (nSPS) is 14.3. The highest BCUT2D eigenvalue weighted by Crippen LogP contribution is 2.20. The number of rotatable bonds is 3. The average Bonchev–Trinajstić information content (AvgIpc) is 2.08. The van der Waals surface area contributed by atoms with E-state index < -0.39 is 23.2 Å². The van der Waals surface area contributed by atoms with Crippen LogP contribution in [0.4, 0.5) is 4.79 Å². The lowest BCUT2D eigenvalue weighted by molar-refractivity contribution is -0.129. The van der Waals surface area contributed by atoms with Crippen molar-refractivity contribution in [3.63, 3.8) is 0 Å². The Hall–Kier alpha value is -1.06. The van der Waals surface area contributed by atoms with Crippen LogP contribution in [-0.4, -0.2) is 23.5 Å². The van der Waals surface area contributed by atoms with Crippen molar-refractivity contribution in [2.45, 2.75) is 67.0 Å². The van der Waals surface area contributed by atoms with Gasteiger partial charge in [-0.3, -0.25) is 4.79 Å². The fourth-order valence-corrected chi connectivity index (χ4v) is 1.44. The number of carbonyl (C=O) groups excluding carboxylic acids is 2. The zero-order valence-corrected chi connectivity index (χ0v) is 12.9. The van der Waals surface area contributed by atoms with Crippen LogP contribution in [0.5, 0.6) is 0 Å². The molecule has 0 aromatic carbocycles. The summed E-state index contributed by atoms with van der Waals surface area (Å²) in [5, 5.41) is 2.67. The second-order valence-corrected chi connectivity index (χ2v) is 6.98. The standard InChI is InChI=1S/C14H27NO3/c1-9(2)10(11(16)13(3,4)5)15-12(17)18-14(6,7)8/h9-10H,1-8H3,(H,15,17)/t10-/m0/s1.